The number of aliphatic imine (C=N–C) groups is 1. The zero-order chi connectivity index (χ0) is 16.3. The summed E-state index contributed by atoms with van der Waals surface area (Å²) in [6.45, 7) is 2.64. The van der Waals surface area contributed by atoms with E-state index in [0.717, 1.165) is 32.0 Å². The predicted octanol–water partition coefficient (Wildman–Crippen LogP) is 3.15. The van der Waals surface area contributed by atoms with Crippen molar-refractivity contribution in [2.75, 3.05) is 38.6 Å². The number of para-hydroxylation sites is 1. The summed E-state index contributed by atoms with van der Waals surface area (Å²) in [6, 6.07) is 20.9. The van der Waals surface area contributed by atoms with Gasteiger partial charge in [0.2, 0.25) is 0 Å². The molecule has 2 aromatic carbocycles. The van der Waals surface area contributed by atoms with Crippen molar-refractivity contribution in [1.29, 1.82) is 0 Å². The van der Waals surface area contributed by atoms with Gasteiger partial charge in [0.15, 0.2) is 5.96 Å². The normalized spacial score (nSPS) is 10.7. The Bertz CT molecular complexity index is 587. The van der Waals surface area contributed by atoms with Crippen LogP contribution >= 0.6 is 24.0 Å². The number of halogens is 1. The molecule has 0 bridgehead atoms. The Labute approximate surface area is 162 Å². The number of anilines is 1. The third kappa shape index (κ3) is 7.21. The quantitative estimate of drug-likeness (QED) is 0.397. The van der Waals surface area contributed by atoms with Crippen LogP contribution in [0.4, 0.5) is 5.69 Å². The third-order valence-corrected chi connectivity index (χ3v) is 3.71. The van der Waals surface area contributed by atoms with E-state index < -0.39 is 0 Å². The fraction of sp³-hybridized carbons (Fsp3) is 0.316. The van der Waals surface area contributed by atoms with Gasteiger partial charge in [0, 0.05) is 39.4 Å². The number of rotatable bonds is 7. The van der Waals surface area contributed by atoms with Gasteiger partial charge in [-0.3, -0.25) is 4.99 Å². The molecule has 0 aliphatic carbocycles. The van der Waals surface area contributed by atoms with Crippen LogP contribution in [0.5, 0.6) is 0 Å². The smallest absolute Gasteiger partial charge is 0.191 e. The lowest BCUT2D eigenvalue weighted by atomic mass is 10.1. The standard InChI is InChI=1S/C19H26N4.HI/c1-20-19(21-14-13-17-9-5-3-6-10-17)22-15-16-23(2)18-11-7-4-8-12-18;/h3-12H,13-16H2,1-2H3,(H2,20,21,22);1H. The Hall–Kier alpha value is -1.76. The van der Waals surface area contributed by atoms with Gasteiger partial charge >= 0.3 is 0 Å². The van der Waals surface area contributed by atoms with Gasteiger partial charge in [0.05, 0.1) is 0 Å². The molecule has 0 saturated heterocycles. The number of hydrogen-bond donors (Lipinski definition) is 2. The van der Waals surface area contributed by atoms with Crippen LogP contribution in [0.15, 0.2) is 65.7 Å². The lowest BCUT2D eigenvalue weighted by Crippen LogP contribution is -2.41. The first kappa shape index (κ1) is 20.3. The van der Waals surface area contributed by atoms with Gasteiger partial charge in [-0.15, -0.1) is 24.0 Å². The van der Waals surface area contributed by atoms with Crippen LogP contribution in [0.25, 0.3) is 0 Å². The van der Waals surface area contributed by atoms with Crippen LogP contribution in [0.3, 0.4) is 0 Å². The average molecular weight is 438 g/mol. The number of likely N-dealkylation sites (N-methyl/N-ethyl adjacent to an activating group) is 1. The van der Waals surface area contributed by atoms with E-state index in [1.165, 1.54) is 11.3 Å². The summed E-state index contributed by atoms with van der Waals surface area (Å²) < 4.78 is 0. The Morgan fingerprint density at radius 1 is 0.917 bits per heavy atom. The molecule has 0 spiro atoms. The van der Waals surface area contributed by atoms with Crippen molar-refractivity contribution < 1.29 is 0 Å². The first-order valence-corrected chi connectivity index (χ1v) is 8.04. The molecule has 0 aliphatic rings. The van der Waals surface area contributed by atoms with E-state index in [-0.39, 0.29) is 24.0 Å². The van der Waals surface area contributed by atoms with Crippen LogP contribution in [-0.4, -0.2) is 39.7 Å². The van der Waals surface area contributed by atoms with E-state index >= 15 is 0 Å². The van der Waals surface area contributed by atoms with E-state index in [4.69, 9.17) is 0 Å². The van der Waals surface area contributed by atoms with Gasteiger partial charge in [-0.25, -0.2) is 0 Å². The minimum absolute atomic E-state index is 0. The topological polar surface area (TPSA) is 39.7 Å². The second-order valence-electron chi connectivity index (χ2n) is 5.42. The summed E-state index contributed by atoms with van der Waals surface area (Å²) in [5, 5.41) is 6.71. The van der Waals surface area contributed by atoms with Gasteiger partial charge in [0.25, 0.3) is 0 Å². The SMILES string of the molecule is CN=C(NCCc1ccccc1)NCCN(C)c1ccccc1.I. The first-order valence-electron chi connectivity index (χ1n) is 8.04. The number of hydrogen-bond acceptors (Lipinski definition) is 2. The summed E-state index contributed by atoms with van der Waals surface area (Å²) in [4.78, 5) is 6.49. The summed E-state index contributed by atoms with van der Waals surface area (Å²) in [6.07, 6.45) is 0.992. The fourth-order valence-corrected chi connectivity index (χ4v) is 2.34. The molecule has 0 heterocycles. The van der Waals surface area contributed by atoms with Crippen molar-refractivity contribution in [2.24, 2.45) is 4.99 Å². The Balaban J connectivity index is 0.00000288. The van der Waals surface area contributed by atoms with Gasteiger partial charge in [-0.2, -0.15) is 0 Å². The molecule has 0 fully saturated rings. The van der Waals surface area contributed by atoms with Gasteiger partial charge in [0.1, 0.15) is 0 Å². The molecular weight excluding hydrogens is 411 g/mol. The highest BCUT2D eigenvalue weighted by atomic mass is 127. The van der Waals surface area contributed by atoms with Gasteiger partial charge < -0.3 is 15.5 Å². The molecule has 2 rings (SSSR count). The van der Waals surface area contributed by atoms with Crippen molar-refractivity contribution in [2.45, 2.75) is 6.42 Å². The minimum atomic E-state index is 0. The summed E-state index contributed by atoms with van der Waals surface area (Å²) >= 11 is 0. The second-order valence-corrected chi connectivity index (χ2v) is 5.42. The van der Waals surface area contributed by atoms with Crippen molar-refractivity contribution in [3.05, 3.63) is 66.2 Å². The summed E-state index contributed by atoms with van der Waals surface area (Å²) in [5.74, 6) is 0.849. The summed E-state index contributed by atoms with van der Waals surface area (Å²) in [5.41, 5.74) is 2.56. The van der Waals surface area contributed by atoms with Crippen LogP contribution < -0.4 is 15.5 Å². The van der Waals surface area contributed by atoms with E-state index in [2.05, 4.69) is 76.1 Å². The Morgan fingerprint density at radius 2 is 1.50 bits per heavy atom. The second kappa shape index (κ2) is 11.7. The highest BCUT2D eigenvalue weighted by molar-refractivity contribution is 14.0. The van der Waals surface area contributed by atoms with Gasteiger partial charge in [-0.1, -0.05) is 48.5 Å². The molecule has 2 aromatic rings. The molecular formula is C19H27IN4. The minimum Gasteiger partial charge on any atom is -0.373 e. The number of nitrogens with zero attached hydrogens (tertiary/aromatic N) is 2. The third-order valence-electron chi connectivity index (χ3n) is 3.71. The van der Waals surface area contributed by atoms with Crippen LogP contribution in [0.2, 0.25) is 0 Å². The summed E-state index contributed by atoms with van der Waals surface area (Å²) in [7, 11) is 3.90. The van der Waals surface area contributed by atoms with Crippen molar-refractivity contribution in [3.8, 4) is 0 Å². The molecule has 130 valence electrons. The van der Waals surface area contributed by atoms with E-state index in [1.807, 2.05) is 12.1 Å². The highest BCUT2D eigenvalue weighted by Crippen LogP contribution is 2.09. The molecule has 0 radical (unpaired) electrons. The van der Waals surface area contributed by atoms with Crippen LogP contribution in [-0.2, 0) is 6.42 Å². The lowest BCUT2D eigenvalue weighted by molar-refractivity contribution is 0.771. The predicted molar refractivity (Wildman–Crippen MR) is 115 cm³/mol. The van der Waals surface area contributed by atoms with E-state index in [0.29, 0.717) is 0 Å². The monoisotopic (exact) mass is 438 g/mol. The van der Waals surface area contributed by atoms with Crippen molar-refractivity contribution >= 4 is 35.6 Å². The first-order chi connectivity index (χ1) is 11.3. The highest BCUT2D eigenvalue weighted by Gasteiger charge is 2.01. The number of nitrogens with one attached hydrogen (secondary N) is 2. The number of guanidine groups is 1. The molecule has 2 N–H and O–H groups in total. The largest absolute Gasteiger partial charge is 0.373 e. The Morgan fingerprint density at radius 3 is 2.12 bits per heavy atom. The molecule has 0 aliphatic heterocycles. The molecule has 0 aromatic heterocycles. The Kier molecular flexibility index (Phi) is 9.91. The zero-order valence-electron chi connectivity index (χ0n) is 14.4. The maximum absolute atomic E-state index is 4.26. The molecule has 0 unspecified atom stereocenters. The lowest BCUT2D eigenvalue weighted by Gasteiger charge is -2.20. The maximum atomic E-state index is 4.26. The van der Waals surface area contributed by atoms with Crippen LogP contribution in [0.1, 0.15) is 5.56 Å². The maximum Gasteiger partial charge on any atom is 0.191 e. The van der Waals surface area contributed by atoms with E-state index in [1.54, 1.807) is 7.05 Å². The fourth-order valence-electron chi connectivity index (χ4n) is 2.34. The van der Waals surface area contributed by atoms with Crippen molar-refractivity contribution in [1.82, 2.24) is 10.6 Å². The van der Waals surface area contributed by atoms with E-state index in [9.17, 15) is 0 Å². The zero-order valence-corrected chi connectivity index (χ0v) is 16.7. The molecule has 0 amide bonds. The average Bonchev–Trinajstić information content (AvgIpc) is 2.62. The van der Waals surface area contributed by atoms with Crippen LogP contribution in [0, 0.1) is 0 Å². The molecule has 24 heavy (non-hydrogen) atoms. The van der Waals surface area contributed by atoms with Gasteiger partial charge in [-0.05, 0) is 24.1 Å². The molecule has 0 atom stereocenters. The number of benzene rings is 2. The van der Waals surface area contributed by atoms with Crippen molar-refractivity contribution in [3.63, 3.8) is 0 Å². The molecule has 4 nitrogen and oxygen atoms in total. The molecule has 5 heteroatoms. The molecule has 0 saturated carbocycles.